The fraction of sp³-hybridized carbons (Fsp3) is 0.125. The third-order valence-electron chi connectivity index (χ3n) is 5.71. The van der Waals surface area contributed by atoms with Gasteiger partial charge in [0.1, 0.15) is 23.1 Å². The lowest BCUT2D eigenvalue weighted by molar-refractivity contribution is 0.0641. The molecule has 0 bridgehead atoms. The molecule has 1 aliphatic rings. The van der Waals surface area contributed by atoms with Crippen molar-refractivity contribution in [2.75, 3.05) is 6.54 Å². The molecule has 1 aliphatic heterocycles. The number of carbonyl (C=O) groups excluding carboxylic acids is 1. The van der Waals surface area contributed by atoms with Gasteiger partial charge in [-0.15, -0.1) is 0 Å². The summed E-state index contributed by atoms with van der Waals surface area (Å²) < 4.78 is 11.7. The molecule has 7 nitrogen and oxygen atoms in total. The minimum Gasteiger partial charge on any atom is -0.458 e. The monoisotopic (exact) mass is 410 g/mol. The summed E-state index contributed by atoms with van der Waals surface area (Å²) in [6.45, 7) is 0.505. The molecule has 5 aromatic rings. The predicted molar refractivity (Wildman–Crippen MR) is 113 cm³/mol. The summed E-state index contributed by atoms with van der Waals surface area (Å²) in [4.78, 5) is 27.5. The number of carbonyl (C=O) groups is 1. The number of hydrogen-bond donors (Lipinski definition) is 1. The van der Waals surface area contributed by atoms with E-state index in [1.807, 2.05) is 60.7 Å². The number of benzene rings is 2. The normalized spacial score (nSPS) is 15.9. The van der Waals surface area contributed by atoms with Crippen molar-refractivity contribution >= 4 is 16.9 Å². The van der Waals surface area contributed by atoms with E-state index in [-0.39, 0.29) is 11.7 Å². The Kier molecular flexibility index (Phi) is 3.99. The van der Waals surface area contributed by atoms with E-state index in [4.69, 9.17) is 8.83 Å². The summed E-state index contributed by atoms with van der Waals surface area (Å²) in [5.41, 5.74) is 3.94. The zero-order valence-electron chi connectivity index (χ0n) is 16.5. The first-order valence-electron chi connectivity index (χ1n) is 10.1. The van der Waals surface area contributed by atoms with E-state index in [1.165, 1.54) is 6.39 Å². The molecule has 1 N–H and O–H groups in total. The summed E-state index contributed by atoms with van der Waals surface area (Å²) in [7, 11) is 0. The Bertz CT molecular complexity index is 1350. The average Bonchev–Trinajstić information content (AvgIpc) is 3.57. The first-order chi connectivity index (χ1) is 15.3. The standard InChI is InChI=1S/C24H18N4O3/c29-24(23-20(27-14-30-23)15-6-2-1-3-7-15)28-11-10-17-21(26-13-25-17)22(28)19-12-16-8-4-5-9-18(16)31-19/h1-9,12-14,22H,10-11H2,(H,25,26)/t22-/m1/s1. The smallest absolute Gasteiger partial charge is 0.292 e. The van der Waals surface area contributed by atoms with Crippen molar-refractivity contribution in [3.8, 4) is 11.3 Å². The molecule has 1 amide bonds. The Balaban J connectivity index is 1.45. The van der Waals surface area contributed by atoms with E-state index < -0.39 is 6.04 Å². The highest BCUT2D eigenvalue weighted by Gasteiger charge is 2.38. The van der Waals surface area contributed by atoms with Gasteiger partial charge in [0.25, 0.3) is 5.91 Å². The van der Waals surface area contributed by atoms with Crippen molar-refractivity contribution in [3.63, 3.8) is 0 Å². The average molecular weight is 410 g/mol. The minimum atomic E-state index is -0.455. The quantitative estimate of drug-likeness (QED) is 0.470. The lowest BCUT2D eigenvalue weighted by Crippen LogP contribution is -2.40. The molecule has 152 valence electrons. The van der Waals surface area contributed by atoms with Crippen LogP contribution < -0.4 is 0 Å². The summed E-state index contributed by atoms with van der Waals surface area (Å²) >= 11 is 0. The van der Waals surface area contributed by atoms with Crippen molar-refractivity contribution in [2.24, 2.45) is 0 Å². The van der Waals surface area contributed by atoms with Gasteiger partial charge < -0.3 is 18.7 Å². The van der Waals surface area contributed by atoms with Crippen molar-refractivity contribution in [2.45, 2.75) is 12.5 Å². The number of nitrogens with one attached hydrogen (secondary N) is 1. The Morgan fingerprint density at radius 1 is 1.06 bits per heavy atom. The molecule has 1 atom stereocenters. The van der Waals surface area contributed by atoms with Crippen LogP contribution >= 0.6 is 0 Å². The number of hydrogen-bond acceptors (Lipinski definition) is 5. The Morgan fingerprint density at radius 2 is 1.90 bits per heavy atom. The molecule has 2 aromatic carbocycles. The van der Waals surface area contributed by atoms with Crippen LogP contribution in [0.3, 0.4) is 0 Å². The maximum atomic E-state index is 13.7. The number of amides is 1. The second kappa shape index (κ2) is 6.98. The number of H-pyrrole nitrogens is 1. The van der Waals surface area contributed by atoms with Gasteiger partial charge in [-0.3, -0.25) is 4.79 Å². The van der Waals surface area contributed by atoms with Crippen molar-refractivity contribution < 1.29 is 13.6 Å². The van der Waals surface area contributed by atoms with Crippen LogP contribution in [0.15, 0.2) is 82.2 Å². The summed E-state index contributed by atoms with van der Waals surface area (Å²) in [5.74, 6) is 0.644. The van der Waals surface area contributed by atoms with Gasteiger partial charge in [0.2, 0.25) is 5.76 Å². The van der Waals surface area contributed by atoms with Crippen molar-refractivity contribution in [1.82, 2.24) is 19.9 Å². The molecular formula is C24H18N4O3. The van der Waals surface area contributed by atoms with E-state index in [9.17, 15) is 4.79 Å². The molecule has 4 heterocycles. The number of rotatable bonds is 3. The third-order valence-corrected chi connectivity index (χ3v) is 5.71. The maximum Gasteiger partial charge on any atom is 0.292 e. The van der Waals surface area contributed by atoms with Crippen molar-refractivity contribution in [1.29, 1.82) is 0 Å². The minimum absolute atomic E-state index is 0.214. The Hall–Kier alpha value is -4.13. The highest BCUT2D eigenvalue weighted by molar-refractivity contribution is 5.97. The Labute approximate surface area is 177 Å². The molecule has 3 aromatic heterocycles. The molecule has 7 heteroatoms. The molecule has 6 rings (SSSR count). The fourth-order valence-electron chi connectivity index (χ4n) is 4.25. The van der Waals surface area contributed by atoms with Crippen LogP contribution in [-0.2, 0) is 6.42 Å². The lowest BCUT2D eigenvalue weighted by Gasteiger charge is -2.33. The van der Waals surface area contributed by atoms with Crippen LogP contribution in [0, 0.1) is 0 Å². The van der Waals surface area contributed by atoms with E-state index in [0.717, 1.165) is 27.9 Å². The number of imidazole rings is 1. The number of fused-ring (bicyclic) bond motifs is 2. The second-order valence-corrected chi connectivity index (χ2v) is 7.50. The van der Waals surface area contributed by atoms with E-state index in [0.29, 0.717) is 24.4 Å². The fourth-order valence-corrected chi connectivity index (χ4v) is 4.25. The van der Waals surface area contributed by atoms with Gasteiger partial charge >= 0.3 is 0 Å². The summed E-state index contributed by atoms with van der Waals surface area (Å²) in [6, 6.07) is 18.9. The number of nitrogens with zero attached hydrogens (tertiary/aromatic N) is 3. The first-order valence-corrected chi connectivity index (χ1v) is 10.1. The SMILES string of the molecule is O=C(c1ocnc1-c1ccccc1)N1CCc2[nH]cnc2[C@H]1c1cc2ccccc2o1. The predicted octanol–water partition coefficient (Wildman–Crippen LogP) is 4.60. The van der Waals surface area contributed by atoms with Crippen LogP contribution in [-0.4, -0.2) is 32.3 Å². The highest BCUT2D eigenvalue weighted by Crippen LogP contribution is 2.38. The number of aromatic amines is 1. The van der Waals surface area contributed by atoms with Gasteiger partial charge in [0.15, 0.2) is 6.39 Å². The Morgan fingerprint density at radius 3 is 2.77 bits per heavy atom. The number of furan rings is 1. The molecule has 31 heavy (non-hydrogen) atoms. The largest absolute Gasteiger partial charge is 0.458 e. The van der Waals surface area contributed by atoms with Gasteiger partial charge in [0, 0.05) is 29.6 Å². The number of para-hydroxylation sites is 1. The highest BCUT2D eigenvalue weighted by atomic mass is 16.4. The molecule has 0 unspecified atom stereocenters. The van der Waals surface area contributed by atoms with Gasteiger partial charge in [-0.05, 0) is 12.1 Å². The molecule has 0 spiro atoms. The van der Waals surface area contributed by atoms with Gasteiger partial charge in [0.05, 0.1) is 12.0 Å². The van der Waals surface area contributed by atoms with Crippen LogP contribution in [0.5, 0.6) is 0 Å². The lowest BCUT2D eigenvalue weighted by atomic mass is 9.99. The van der Waals surface area contributed by atoms with Gasteiger partial charge in [-0.25, -0.2) is 9.97 Å². The summed E-state index contributed by atoms with van der Waals surface area (Å²) in [5, 5.41) is 0.984. The second-order valence-electron chi connectivity index (χ2n) is 7.50. The molecular weight excluding hydrogens is 392 g/mol. The van der Waals surface area contributed by atoms with E-state index in [1.54, 1.807) is 11.2 Å². The first kappa shape index (κ1) is 17.7. The molecule has 0 fully saturated rings. The molecule has 0 saturated carbocycles. The van der Waals surface area contributed by atoms with Gasteiger partial charge in [-0.2, -0.15) is 0 Å². The molecule has 0 saturated heterocycles. The summed E-state index contributed by atoms with van der Waals surface area (Å²) in [6.07, 6.45) is 3.65. The van der Waals surface area contributed by atoms with E-state index >= 15 is 0 Å². The zero-order valence-corrected chi connectivity index (χ0v) is 16.5. The number of oxazole rings is 1. The zero-order chi connectivity index (χ0) is 20.8. The van der Waals surface area contributed by atoms with Gasteiger partial charge in [-0.1, -0.05) is 48.5 Å². The van der Waals surface area contributed by atoms with E-state index in [2.05, 4.69) is 15.0 Å². The molecule has 0 aliphatic carbocycles. The molecule has 0 radical (unpaired) electrons. The number of aromatic nitrogens is 3. The third kappa shape index (κ3) is 2.85. The van der Waals surface area contributed by atoms with Crippen LogP contribution in [0.1, 0.15) is 33.7 Å². The van der Waals surface area contributed by atoms with Crippen LogP contribution in [0.2, 0.25) is 0 Å². The van der Waals surface area contributed by atoms with Crippen LogP contribution in [0.4, 0.5) is 0 Å². The van der Waals surface area contributed by atoms with Crippen LogP contribution in [0.25, 0.3) is 22.2 Å². The topological polar surface area (TPSA) is 88.2 Å². The maximum absolute atomic E-state index is 13.7. The van der Waals surface area contributed by atoms with Crippen molar-refractivity contribution in [3.05, 3.63) is 96.3 Å².